The predicted molar refractivity (Wildman–Crippen MR) is 103 cm³/mol. The van der Waals surface area contributed by atoms with E-state index in [0.717, 1.165) is 28.4 Å². The molecule has 3 heterocycles. The Balaban J connectivity index is 1.70. The van der Waals surface area contributed by atoms with Crippen molar-refractivity contribution in [2.45, 2.75) is 19.3 Å². The first-order valence-electron chi connectivity index (χ1n) is 8.71. The van der Waals surface area contributed by atoms with Gasteiger partial charge in [0, 0.05) is 17.9 Å². The number of thiazole rings is 1. The minimum Gasteiger partial charge on any atom is -0.310 e. The summed E-state index contributed by atoms with van der Waals surface area (Å²) in [5.74, 6) is -1.51. The van der Waals surface area contributed by atoms with Crippen LogP contribution in [0.5, 0.6) is 0 Å². The molecule has 2 aromatic heterocycles. The van der Waals surface area contributed by atoms with Gasteiger partial charge in [0.1, 0.15) is 17.5 Å². The number of halogens is 2. The molecule has 8 heteroatoms. The summed E-state index contributed by atoms with van der Waals surface area (Å²) < 4.78 is 30.8. The van der Waals surface area contributed by atoms with Gasteiger partial charge in [-0.05, 0) is 42.8 Å². The molecule has 0 bridgehead atoms. The molecule has 0 fully saturated rings. The summed E-state index contributed by atoms with van der Waals surface area (Å²) in [6.45, 7) is 1.80. The number of hydrogen-bond donors (Lipinski definition) is 1. The van der Waals surface area contributed by atoms with Crippen LogP contribution in [0.15, 0.2) is 42.5 Å². The summed E-state index contributed by atoms with van der Waals surface area (Å²) in [5, 5.41) is 7.99. The van der Waals surface area contributed by atoms with Crippen LogP contribution in [-0.2, 0) is 4.79 Å². The minimum absolute atomic E-state index is 0.0275. The first-order valence-corrected chi connectivity index (χ1v) is 9.53. The molecule has 0 spiro atoms. The van der Waals surface area contributed by atoms with Gasteiger partial charge in [-0.15, -0.1) is 0 Å². The highest BCUT2D eigenvalue weighted by molar-refractivity contribution is 7.20. The van der Waals surface area contributed by atoms with Crippen LogP contribution in [-0.4, -0.2) is 20.7 Å². The van der Waals surface area contributed by atoms with Crippen LogP contribution in [0.25, 0.3) is 15.3 Å². The lowest BCUT2D eigenvalue weighted by atomic mass is 9.85. The van der Waals surface area contributed by atoms with E-state index in [1.165, 1.54) is 11.3 Å². The second kappa shape index (κ2) is 6.20. The summed E-state index contributed by atoms with van der Waals surface area (Å²) >= 11 is 1.44. The zero-order chi connectivity index (χ0) is 19.4. The molecule has 1 amide bonds. The number of nitrogens with zero attached hydrogens (tertiary/aromatic N) is 3. The van der Waals surface area contributed by atoms with Gasteiger partial charge in [0.05, 0.1) is 15.9 Å². The number of aromatic nitrogens is 3. The van der Waals surface area contributed by atoms with Crippen molar-refractivity contribution in [3.8, 4) is 5.13 Å². The predicted octanol–water partition coefficient (Wildman–Crippen LogP) is 4.54. The number of hydrogen-bond acceptors (Lipinski definition) is 4. The topological polar surface area (TPSA) is 59.8 Å². The zero-order valence-corrected chi connectivity index (χ0v) is 15.6. The van der Waals surface area contributed by atoms with Gasteiger partial charge >= 0.3 is 0 Å². The van der Waals surface area contributed by atoms with E-state index in [-0.39, 0.29) is 17.9 Å². The molecular weight excluding hydrogens is 382 g/mol. The molecule has 5 rings (SSSR count). The van der Waals surface area contributed by atoms with E-state index in [0.29, 0.717) is 22.2 Å². The second-order valence-electron chi connectivity index (χ2n) is 6.69. The maximum absolute atomic E-state index is 14.4. The summed E-state index contributed by atoms with van der Waals surface area (Å²) in [7, 11) is 0. The maximum Gasteiger partial charge on any atom is 0.226 e. The number of fused-ring (bicyclic) bond motifs is 2. The van der Waals surface area contributed by atoms with Gasteiger partial charge in [-0.25, -0.2) is 13.8 Å². The van der Waals surface area contributed by atoms with Crippen molar-refractivity contribution in [3.63, 3.8) is 0 Å². The van der Waals surface area contributed by atoms with E-state index in [2.05, 4.69) is 15.4 Å². The molecule has 140 valence electrons. The smallest absolute Gasteiger partial charge is 0.226 e. The van der Waals surface area contributed by atoms with Crippen LogP contribution < -0.4 is 5.32 Å². The average Bonchev–Trinajstić information content (AvgIpc) is 3.24. The van der Waals surface area contributed by atoms with E-state index >= 15 is 0 Å². The molecule has 1 aliphatic rings. The van der Waals surface area contributed by atoms with E-state index in [9.17, 15) is 13.6 Å². The third kappa shape index (κ3) is 2.60. The fourth-order valence-electron chi connectivity index (χ4n) is 3.68. The van der Waals surface area contributed by atoms with Gasteiger partial charge < -0.3 is 5.32 Å². The Hall–Kier alpha value is -3.13. The van der Waals surface area contributed by atoms with Crippen LogP contribution >= 0.6 is 11.3 Å². The SMILES string of the molecule is Cc1nn(-c2nc3ccccc3s2)c2c1[C@H](c1cc(F)ccc1F)CC(=O)N2. The Morgan fingerprint density at radius 2 is 2.04 bits per heavy atom. The number of carbonyl (C=O) groups is 1. The lowest BCUT2D eigenvalue weighted by molar-refractivity contribution is -0.116. The summed E-state index contributed by atoms with van der Waals surface area (Å²) in [4.78, 5) is 17.0. The highest BCUT2D eigenvalue weighted by Gasteiger charge is 2.34. The molecule has 0 saturated carbocycles. The van der Waals surface area contributed by atoms with E-state index in [4.69, 9.17) is 0 Å². The Bertz CT molecular complexity index is 1210. The molecule has 28 heavy (non-hydrogen) atoms. The minimum atomic E-state index is -0.609. The van der Waals surface area contributed by atoms with E-state index < -0.39 is 17.6 Å². The van der Waals surface area contributed by atoms with Gasteiger partial charge in [-0.3, -0.25) is 4.79 Å². The number of anilines is 1. The number of amides is 1. The van der Waals surface area contributed by atoms with Crippen LogP contribution in [0.1, 0.15) is 29.2 Å². The standard InChI is InChI=1S/C20H14F2N4OS/c1-10-18-13(12-8-11(21)6-7-14(12)22)9-17(27)24-19(18)26(25-10)20-23-15-4-2-3-5-16(15)28-20/h2-8,13H,9H2,1H3,(H,24,27)/t13-/m0/s1. The molecule has 1 aliphatic heterocycles. The molecule has 1 atom stereocenters. The Morgan fingerprint density at radius 1 is 1.21 bits per heavy atom. The quantitative estimate of drug-likeness (QED) is 0.541. The Labute approximate surface area is 162 Å². The van der Waals surface area contributed by atoms with Crippen molar-refractivity contribution >= 4 is 33.3 Å². The van der Waals surface area contributed by atoms with Gasteiger partial charge in [0.2, 0.25) is 11.0 Å². The molecule has 0 saturated heterocycles. The number of benzene rings is 2. The van der Waals surface area contributed by atoms with Crippen LogP contribution in [0.2, 0.25) is 0 Å². The largest absolute Gasteiger partial charge is 0.310 e. The fourth-order valence-corrected chi connectivity index (χ4v) is 4.61. The molecule has 1 N–H and O–H groups in total. The number of aryl methyl sites for hydroxylation is 1. The van der Waals surface area contributed by atoms with Gasteiger partial charge in [0.25, 0.3) is 0 Å². The van der Waals surface area contributed by atoms with Gasteiger partial charge in [-0.1, -0.05) is 23.5 Å². The van der Waals surface area contributed by atoms with E-state index in [1.54, 1.807) is 11.6 Å². The van der Waals surface area contributed by atoms with E-state index in [1.807, 2.05) is 24.3 Å². The molecule has 0 aliphatic carbocycles. The first-order chi connectivity index (χ1) is 13.5. The molecule has 0 unspecified atom stereocenters. The first kappa shape index (κ1) is 17.0. The van der Waals surface area contributed by atoms with Crippen molar-refractivity contribution < 1.29 is 13.6 Å². The highest BCUT2D eigenvalue weighted by atomic mass is 32.1. The second-order valence-corrected chi connectivity index (χ2v) is 7.70. The Kier molecular flexibility index (Phi) is 3.77. The lowest BCUT2D eigenvalue weighted by Gasteiger charge is -2.24. The van der Waals surface area contributed by atoms with Crippen LogP contribution in [0, 0.1) is 18.6 Å². The number of nitrogens with one attached hydrogen (secondary N) is 1. The van der Waals surface area contributed by atoms with Crippen molar-refractivity contribution in [3.05, 3.63) is 70.9 Å². The van der Waals surface area contributed by atoms with Crippen molar-refractivity contribution in [1.29, 1.82) is 0 Å². The van der Waals surface area contributed by atoms with Gasteiger partial charge in [-0.2, -0.15) is 9.78 Å². The highest BCUT2D eigenvalue weighted by Crippen LogP contribution is 2.41. The van der Waals surface area contributed by atoms with Crippen molar-refractivity contribution in [2.24, 2.45) is 0 Å². The molecule has 4 aromatic rings. The van der Waals surface area contributed by atoms with Crippen molar-refractivity contribution in [1.82, 2.24) is 14.8 Å². The molecule has 0 radical (unpaired) electrons. The molecule has 2 aromatic carbocycles. The number of carbonyl (C=O) groups excluding carboxylic acids is 1. The third-order valence-electron chi connectivity index (χ3n) is 4.90. The van der Waals surface area contributed by atoms with Gasteiger partial charge in [0.15, 0.2) is 0 Å². The average molecular weight is 396 g/mol. The summed E-state index contributed by atoms with van der Waals surface area (Å²) in [6, 6.07) is 11.0. The molecular formula is C20H14F2N4OS. The number of rotatable bonds is 2. The van der Waals surface area contributed by atoms with Crippen molar-refractivity contribution in [2.75, 3.05) is 5.32 Å². The Morgan fingerprint density at radius 3 is 2.86 bits per heavy atom. The van der Waals surface area contributed by atoms with Crippen LogP contribution in [0.4, 0.5) is 14.6 Å². The summed E-state index contributed by atoms with van der Waals surface area (Å²) in [5.41, 5.74) is 2.31. The maximum atomic E-state index is 14.4. The summed E-state index contributed by atoms with van der Waals surface area (Å²) in [6.07, 6.45) is 0.0275. The monoisotopic (exact) mass is 396 g/mol. The normalized spacial score (nSPS) is 16.2. The van der Waals surface area contributed by atoms with Crippen LogP contribution in [0.3, 0.4) is 0 Å². The fraction of sp³-hybridized carbons (Fsp3) is 0.150. The zero-order valence-electron chi connectivity index (χ0n) is 14.7. The number of para-hydroxylation sites is 1. The molecule has 5 nitrogen and oxygen atoms in total. The third-order valence-corrected chi connectivity index (χ3v) is 5.91. The lowest BCUT2D eigenvalue weighted by Crippen LogP contribution is -2.25.